The van der Waals surface area contributed by atoms with Crippen LogP contribution < -0.4 is 0 Å². The van der Waals surface area contributed by atoms with Crippen molar-refractivity contribution in [3.63, 3.8) is 0 Å². The molecule has 1 aliphatic heterocycles. The number of likely N-dealkylation sites (tertiary alicyclic amines) is 1. The summed E-state index contributed by atoms with van der Waals surface area (Å²) < 4.78 is 0. The first-order chi connectivity index (χ1) is 9.17. The van der Waals surface area contributed by atoms with E-state index in [-0.39, 0.29) is 0 Å². The zero-order valence-electron chi connectivity index (χ0n) is 13.6. The van der Waals surface area contributed by atoms with Crippen LogP contribution >= 0.6 is 0 Å². The summed E-state index contributed by atoms with van der Waals surface area (Å²) in [5, 5.41) is 9.01. The Morgan fingerprint density at radius 3 is 2.35 bits per heavy atom. The number of hydrogen-bond acceptors (Lipinski definition) is 2. The molecule has 3 heteroatoms. The summed E-state index contributed by atoms with van der Waals surface area (Å²) in [6.45, 7) is 11.7. The first-order valence-electron chi connectivity index (χ1n) is 8.13. The molecule has 0 aromatic heterocycles. The van der Waals surface area contributed by atoms with Crippen LogP contribution in [0.3, 0.4) is 0 Å². The van der Waals surface area contributed by atoms with Crippen LogP contribution in [0, 0.1) is 16.7 Å². The number of aliphatic carboxylic acids is 1. The van der Waals surface area contributed by atoms with E-state index in [2.05, 4.69) is 32.6 Å². The Morgan fingerprint density at radius 2 is 1.80 bits per heavy atom. The van der Waals surface area contributed by atoms with Crippen LogP contribution in [0.1, 0.15) is 66.2 Å². The number of carboxylic acids is 1. The van der Waals surface area contributed by atoms with Gasteiger partial charge in [-0.1, -0.05) is 27.7 Å². The molecule has 2 fully saturated rings. The second kappa shape index (κ2) is 5.67. The smallest absolute Gasteiger partial charge is 0.303 e. The lowest BCUT2D eigenvalue weighted by molar-refractivity contribution is -0.138. The highest BCUT2D eigenvalue weighted by Crippen LogP contribution is 2.47. The molecule has 2 aliphatic rings. The average Bonchev–Trinajstić information content (AvgIpc) is 2.24. The van der Waals surface area contributed by atoms with Gasteiger partial charge in [0.25, 0.3) is 0 Å². The lowest BCUT2D eigenvalue weighted by Gasteiger charge is -2.50. The van der Waals surface area contributed by atoms with Gasteiger partial charge in [0.2, 0.25) is 0 Å². The molecule has 1 atom stereocenters. The third kappa shape index (κ3) is 4.21. The highest BCUT2D eigenvalue weighted by atomic mass is 16.4. The molecule has 1 saturated carbocycles. The molecule has 1 N–H and O–H groups in total. The van der Waals surface area contributed by atoms with E-state index >= 15 is 0 Å². The Morgan fingerprint density at radius 1 is 1.20 bits per heavy atom. The topological polar surface area (TPSA) is 40.5 Å². The largest absolute Gasteiger partial charge is 0.481 e. The van der Waals surface area contributed by atoms with Crippen molar-refractivity contribution in [2.75, 3.05) is 13.1 Å². The quantitative estimate of drug-likeness (QED) is 0.856. The van der Waals surface area contributed by atoms with E-state index in [9.17, 15) is 4.79 Å². The van der Waals surface area contributed by atoms with Crippen LogP contribution in [0.25, 0.3) is 0 Å². The fraction of sp³-hybridized carbons (Fsp3) is 0.941. The summed E-state index contributed by atoms with van der Waals surface area (Å²) in [6, 6.07) is 0.644. The number of nitrogens with zero attached hydrogens (tertiary/aromatic N) is 1. The van der Waals surface area contributed by atoms with E-state index in [1.54, 1.807) is 0 Å². The zero-order valence-corrected chi connectivity index (χ0v) is 13.6. The summed E-state index contributed by atoms with van der Waals surface area (Å²) in [6.07, 6.45) is 6.41. The summed E-state index contributed by atoms with van der Waals surface area (Å²) >= 11 is 0. The predicted octanol–water partition coefficient (Wildman–Crippen LogP) is 3.78. The van der Waals surface area contributed by atoms with E-state index < -0.39 is 5.97 Å². The van der Waals surface area contributed by atoms with Gasteiger partial charge in [0, 0.05) is 19.0 Å². The molecule has 1 saturated heterocycles. The van der Waals surface area contributed by atoms with Crippen molar-refractivity contribution < 1.29 is 9.90 Å². The minimum atomic E-state index is -0.638. The SMILES string of the molecule is CC1(C)CC(N2CCCC(CC(=O)O)C2)CC(C)(C)C1. The Labute approximate surface area is 123 Å². The van der Waals surface area contributed by atoms with Gasteiger partial charge in [0.15, 0.2) is 0 Å². The van der Waals surface area contributed by atoms with Gasteiger partial charge in [-0.05, 0) is 55.4 Å². The average molecular weight is 281 g/mol. The molecule has 0 amide bonds. The Hall–Kier alpha value is -0.570. The number of carboxylic acid groups (broad SMARTS) is 1. The molecule has 1 aliphatic carbocycles. The normalized spacial score (nSPS) is 31.1. The number of piperidine rings is 1. The van der Waals surface area contributed by atoms with Crippen LogP contribution in [0.4, 0.5) is 0 Å². The van der Waals surface area contributed by atoms with Crippen molar-refractivity contribution >= 4 is 5.97 Å². The van der Waals surface area contributed by atoms with E-state index in [1.165, 1.54) is 19.3 Å². The molecule has 116 valence electrons. The van der Waals surface area contributed by atoms with Gasteiger partial charge >= 0.3 is 5.97 Å². The lowest BCUT2D eigenvalue weighted by atomic mass is 9.63. The summed E-state index contributed by atoms with van der Waals surface area (Å²) in [7, 11) is 0. The van der Waals surface area contributed by atoms with Crippen molar-refractivity contribution in [2.45, 2.75) is 72.3 Å². The maximum Gasteiger partial charge on any atom is 0.303 e. The minimum Gasteiger partial charge on any atom is -0.481 e. The van der Waals surface area contributed by atoms with Gasteiger partial charge < -0.3 is 10.0 Å². The second-order valence-corrected chi connectivity index (χ2v) is 8.67. The molecule has 0 radical (unpaired) electrons. The summed E-state index contributed by atoms with van der Waals surface area (Å²) in [5.74, 6) is -0.282. The van der Waals surface area contributed by atoms with Crippen molar-refractivity contribution in [1.29, 1.82) is 0 Å². The zero-order chi connectivity index (χ0) is 15.0. The fourth-order valence-corrected chi connectivity index (χ4v) is 4.89. The number of rotatable bonds is 3. The van der Waals surface area contributed by atoms with Crippen molar-refractivity contribution in [1.82, 2.24) is 4.90 Å². The van der Waals surface area contributed by atoms with Crippen LogP contribution in [-0.4, -0.2) is 35.1 Å². The molecule has 0 spiro atoms. The highest BCUT2D eigenvalue weighted by molar-refractivity contribution is 5.67. The molecular formula is C17H31NO2. The molecule has 20 heavy (non-hydrogen) atoms. The van der Waals surface area contributed by atoms with E-state index in [4.69, 9.17) is 5.11 Å². The Bertz CT molecular complexity index is 346. The van der Waals surface area contributed by atoms with Crippen LogP contribution in [0.15, 0.2) is 0 Å². The van der Waals surface area contributed by atoms with Crippen LogP contribution in [-0.2, 0) is 4.79 Å². The van der Waals surface area contributed by atoms with Crippen molar-refractivity contribution in [3.05, 3.63) is 0 Å². The van der Waals surface area contributed by atoms with E-state index in [0.717, 1.165) is 25.9 Å². The standard InChI is InChI=1S/C17H31NO2/c1-16(2)9-14(10-17(3,4)12-16)18-7-5-6-13(11-18)8-15(19)20/h13-14H,5-12H2,1-4H3,(H,19,20). The Kier molecular flexibility index (Phi) is 4.48. The first-order valence-corrected chi connectivity index (χ1v) is 8.13. The van der Waals surface area contributed by atoms with Gasteiger partial charge in [-0.15, -0.1) is 0 Å². The summed E-state index contributed by atoms with van der Waals surface area (Å²) in [5.41, 5.74) is 0.818. The molecule has 0 aromatic rings. The van der Waals surface area contributed by atoms with E-state index in [0.29, 0.717) is 29.2 Å². The number of hydrogen-bond donors (Lipinski definition) is 1. The molecule has 1 heterocycles. The van der Waals surface area contributed by atoms with Gasteiger partial charge in [0.1, 0.15) is 0 Å². The second-order valence-electron chi connectivity index (χ2n) is 8.67. The fourth-order valence-electron chi connectivity index (χ4n) is 4.89. The molecule has 2 rings (SSSR count). The molecule has 0 aromatic carbocycles. The number of carbonyl (C=O) groups is 1. The van der Waals surface area contributed by atoms with Crippen LogP contribution in [0.5, 0.6) is 0 Å². The molecule has 3 nitrogen and oxygen atoms in total. The lowest BCUT2D eigenvalue weighted by Crippen LogP contribution is -2.49. The van der Waals surface area contributed by atoms with Gasteiger partial charge in [0.05, 0.1) is 0 Å². The molecule has 0 bridgehead atoms. The third-order valence-electron chi connectivity index (χ3n) is 5.06. The van der Waals surface area contributed by atoms with Crippen molar-refractivity contribution in [2.24, 2.45) is 16.7 Å². The van der Waals surface area contributed by atoms with Crippen molar-refractivity contribution in [3.8, 4) is 0 Å². The monoisotopic (exact) mass is 281 g/mol. The molecular weight excluding hydrogens is 250 g/mol. The summed E-state index contributed by atoms with van der Waals surface area (Å²) in [4.78, 5) is 13.5. The van der Waals surface area contributed by atoms with E-state index in [1.807, 2.05) is 0 Å². The maximum atomic E-state index is 10.9. The van der Waals surface area contributed by atoms with Gasteiger partial charge in [-0.3, -0.25) is 4.79 Å². The van der Waals surface area contributed by atoms with Crippen LogP contribution in [0.2, 0.25) is 0 Å². The third-order valence-corrected chi connectivity index (χ3v) is 5.06. The minimum absolute atomic E-state index is 0.343. The first kappa shape index (κ1) is 15.8. The maximum absolute atomic E-state index is 10.9. The predicted molar refractivity (Wildman–Crippen MR) is 81.8 cm³/mol. The Balaban J connectivity index is 2.01. The van der Waals surface area contributed by atoms with Gasteiger partial charge in [-0.2, -0.15) is 0 Å². The molecule has 1 unspecified atom stereocenters. The van der Waals surface area contributed by atoms with Gasteiger partial charge in [-0.25, -0.2) is 0 Å². The highest BCUT2D eigenvalue weighted by Gasteiger charge is 2.41.